The van der Waals surface area contributed by atoms with Gasteiger partial charge in [0, 0.05) is 45.3 Å². The zero-order valence-electron chi connectivity index (χ0n) is 12.4. The molecule has 0 aliphatic carbocycles. The number of nitrogens with zero attached hydrogens (tertiary/aromatic N) is 2. The van der Waals surface area contributed by atoms with Gasteiger partial charge in [-0.3, -0.25) is 4.79 Å². The summed E-state index contributed by atoms with van der Waals surface area (Å²) in [5.74, 6) is 1.29. The number of carbonyl (C=O) groups is 1. The van der Waals surface area contributed by atoms with Gasteiger partial charge in [-0.15, -0.1) is 0 Å². The fourth-order valence-corrected chi connectivity index (χ4v) is 3.09. The van der Waals surface area contributed by atoms with Gasteiger partial charge in [0.1, 0.15) is 0 Å². The third kappa shape index (κ3) is 4.46. The minimum Gasteiger partial charge on any atom is -0.381 e. The van der Waals surface area contributed by atoms with Crippen LogP contribution in [0.25, 0.3) is 0 Å². The lowest BCUT2D eigenvalue weighted by Crippen LogP contribution is -2.41. The fourth-order valence-electron chi connectivity index (χ4n) is 3.09. The predicted molar refractivity (Wildman–Crippen MR) is 76.0 cm³/mol. The van der Waals surface area contributed by atoms with Crippen LogP contribution in [0.3, 0.4) is 0 Å². The van der Waals surface area contributed by atoms with Crippen LogP contribution in [0.5, 0.6) is 0 Å². The Morgan fingerprint density at radius 3 is 2.58 bits per heavy atom. The summed E-state index contributed by atoms with van der Waals surface area (Å²) in [6.45, 7) is 11.2. The van der Waals surface area contributed by atoms with Gasteiger partial charge >= 0.3 is 0 Å². The summed E-state index contributed by atoms with van der Waals surface area (Å²) in [5.41, 5.74) is 0. The van der Waals surface area contributed by atoms with Crippen molar-refractivity contribution in [2.24, 2.45) is 11.8 Å². The van der Waals surface area contributed by atoms with Gasteiger partial charge in [-0.05, 0) is 31.7 Å². The van der Waals surface area contributed by atoms with Gasteiger partial charge in [0.25, 0.3) is 0 Å². The topological polar surface area (TPSA) is 32.8 Å². The second kappa shape index (κ2) is 7.25. The van der Waals surface area contributed by atoms with Crippen molar-refractivity contribution < 1.29 is 9.53 Å². The molecule has 0 bridgehead atoms. The van der Waals surface area contributed by atoms with Crippen LogP contribution in [-0.4, -0.2) is 61.6 Å². The molecule has 2 rings (SSSR count). The highest BCUT2D eigenvalue weighted by Crippen LogP contribution is 2.18. The summed E-state index contributed by atoms with van der Waals surface area (Å²) >= 11 is 0. The zero-order chi connectivity index (χ0) is 13.7. The molecule has 4 heteroatoms. The Labute approximate surface area is 117 Å². The van der Waals surface area contributed by atoms with Gasteiger partial charge in [0.15, 0.2) is 0 Å². The molecule has 2 aliphatic heterocycles. The van der Waals surface area contributed by atoms with E-state index in [4.69, 9.17) is 4.74 Å². The van der Waals surface area contributed by atoms with Crippen LogP contribution in [0.15, 0.2) is 0 Å². The molecule has 0 aromatic rings. The van der Waals surface area contributed by atoms with Crippen molar-refractivity contribution in [3.8, 4) is 0 Å². The van der Waals surface area contributed by atoms with E-state index < -0.39 is 0 Å². The van der Waals surface area contributed by atoms with Crippen molar-refractivity contribution in [2.75, 3.05) is 45.9 Å². The van der Waals surface area contributed by atoms with Gasteiger partial charge < -0.3 is 14.5 Å². The molecule has 0 saturated carbocycles. The molecule has 2 aliphatic rings. The first-order valence-corrected chi connectivity index (χ1v) is 7.75. The highest BCUT2D eigenvalue weighted by atomic mass is 16.5. The zero-order valence-corrected chi connectivity index (χ0v) is 12.4. The van der Waals surface area contributed by atoms with Crippen molar-refractivity contribution >= 4 is 5.91 Å². The van der Waals surface area contributed by atoms with Crippen LogP contribution in [0.4, 0.5) is 0 Å². The van der Waals surface area contributed by atoms with Gasteiger partial charge in [-0.25, -0.2) is 0 Å². The Morgan fingerprint density at radius 2 is 1.89 bits per heavy atom. The average molecular weight is 268 g/mol. The van der Waals surface area contributed by atoms with Gasteiger partial charge in [-0.1, -0.05) is 13.8 Å². The molecule has 2 heterocycles. The smallest absolute Gasteiger partial charge is 0.225 e. The van der Waals surface area contributed by atoms with E-state index in [1.165, 1.54) is 0 Å². The van der Waals surface area contributed by atoms with E-state index in [1.807, 2.05) is 0 Å². The predicted octanol–water partition coefficient (Wildman–Crippen LogP) is 1.60. The normalized spacial score (nSPS) is 23.6. The maximum absolute atomic E-state index is 12.5. The first kappa shape index (κ1) is 14.8. The Bertz CT molecular complexity index is 288. The molecule has 2 saturated heterocycles. The monoisotopic (exact) mass is 268 g/mol. The summed E-state index contributed by atoms with van der Waals surface area (Å²) in [6, 6.07) is 0. The van der Waals surface area contributed by atoms with Gasteiger partial charge in [0.2, 0.25) is 5.91 Å². The fraction of sp³-hybridized carbons (Fsp3) is 0.933. The van der Waals surface area contributed by atoms with Crippen LogP contribution < -0.4 is 0 Å². The number of rotatable bonds is 3. The second-order valence-electron chi connectivity index (χ2n) is 6.26. The van der Waals surface area contributed by atoms with Crippen molar-refractivity contribution in [1.29, 1.82) is 0 Å². The average Bonchev–Trinajstić information content (AvgIpc) is 2.64. The van der Waals surface area contributed by atoms with E-state index in [0.717, 1.165) is 65.2 Å². The first-order chi connectivity index (χ1) is 9.16. The third-order valence-corrected chi connectivity index (χ3v) is 4.09. The Hall–Kier alpha value is -0.610. The summed E-state index contributed by atoms with van der Waals surface area (Å²) in [6.07, 6.45) is 2.93. The number of hydrogen-bond acceptors (Lipinski definition) is 3. The molecule has 0 aromatic carbocycles. The Balaban J connectivity index is 1.82. The van der Waals surface area contributed by atoms with E-state index in [9.17, 15) is 4.79 Å². The van der Waals surface area contributed by atoms with Gasteiger partial charge in [-0.2, -0.15) is 0 Å². The molecule has 0 aromatic heterocycles. The van der Waals surface area contributed by atoms with E-state index in [0.29, 0.717) is 11.8 Å². The number of ether oxygens (including phenoxy) is 1. The summed E-state index contributed by atoms with van der Waals surface area (Å²) in [4.78, 5) is 17.1. The van der Waals surface area contributed by atoms with E-state index in [1.54, 1.807) is 0 Å². The molecule has 0 unspecified atom stereocenters. The SMILES string of the molecule is CC(C)CN1CCCN(C(=O)C2CCOCC2)CC1. The summed E-state index contributed by atoms with van der Waals surface area (Å²) < 4.78 is 5.34. The molecule has 2 fully saturated rings. The molecule has 0 spiro atoms. The van der Waals surface area contributed by atoms with Crippen molar-refractivity contribution in [1.82, 2.24) is 9.80 Å². The van der Waals surface area contributed by atoms with Crippen LogP contribution in [0.2, 0.25) is 0 Å². The molecule has 4 nitrogen and oxygen atoms in total. The quantitative estimate of drug-likeness (QED) is 0.779. The summed E-state index contributed by atoms with van der Waals surface area (Å²) in [5, 5.41) is 0. The number of hydrogen-bond donors (Lipinski definition) is 0. The Kier molecular flexibility index (Phi) is 5.64. The number of amides is 1. The highest BCUT2D eigenvalue weighted by molar-refractivity contribution is 5.79. The highest BCUT2D eigenvalue weighted by Gasteiger charge is 2.27. The maximum Gasteiger partial charge on any atom is 0.225 e. The maximum atomic E-state index is 12.5. The lowest BCUT2D eigenvalue weighted by Gasteiger charge is -2.28. The Morgan fingerprint density at radius 1 is 1.16 bits per heavy atom. The molecule has 1 amide bonds. The molecule has 0 N–H and O–H groups in total. The van der Waals surface area contributed by atoms with Crippen molar-refractivity contribution in [3.05, 3.63) is 0 Å². The molecular formula is C15H28N2O2. The van der Waals surface area contributed by atoms with Gasteiger partial charge in [0.05, 0.1) is 0 Å². The molecular weight excluding hydrogens is 240 g/mol. The van der Waals surface area contributed by atoms with Crippen LogP contribution in [0.1, 0.15) is 33.1 Å². The van der Waals surface area contributed by atoms with E-state index in [2.05, 4.69) is 23.6 Å². The number of carbonyl (C=O) groups excluding carboxylic acids is 1. The minimum absolute atomic E-state index is 0.213. The largest absolute Gasteiger partial charge is 0.381 e. The van der Waals surface area contributed by atoms with Crippen molar-refractivity contribution in [2.45, 2.75) is 33.1 Å². The molecule has 19 heavy (non-hydrogen) atoms. The van der Waals surface area contributed by atoms with Crippen LogP contribution in [0, 0.1) is 11.8 Å². The first-order valence-electron chi connectivity index (χ1n) is 7.75. The molecule has 110 valence electrons. The molecule has 0 radical (unpaired) electrons. The van der Waals surface area contributed by atoms with Crippen LogP contribution in [-0.2, 0) is 9.53 Å². The lowest BCUT2D eigenvalue weighted by atomic mass is 9.98. The standard InChI is InChI=1S/C15H28N2O2/c1-13(2)12-16-6-3-7-17(9-8-16)15(18)14-4-10-19-11-5-14/h13-14H,3-12H2,1-2H3. The summed E-state index contributed by atoms with van der Waals surface area (Å²) in [7, 11) is 0. The van der Waals surface area contributed by atoms with Crippen LogP contribution >= 0.6 is 0 Å². The molecule has 0 atom stereocenters. The van der Waals surface area contributed by atoms with E-state index in [-0.39, 0.29) is 5.92 Å². The third-order valence-electron chi connectivity index (χ3n) is 4.09. The lowest BCUT2D eigenvalue weighted by molar-refractivity contribution is -0.138. The van der Waals surface area contributed by atoms with E-state index >= 15 is 0 Å². The van der Waals surface area contributed by atoms with Crippen molar-refractivity contribution in [3.63, 3.8) is 0 Å². The minimum atomic E-state index is 0.213. The second-order valence-corrected chi connectivity index (χ2v) is 6.26.